The maximum atomic E-state index is 11.9. The fraction of sp³-hybridized carbons (Fsp3) is 0. The van der Waals surface area contributed by atoms with Crippen LogP contribution < -0.4 is 10.5 Å². The second kappa shape index (κ2) is 5.83. The lowest BCUT2D eigenvalue weighted by Gasteiger charge is -2.05. The van der Waals surface area contributed by atoms with Gasteiger partial charge < -0.3 is 10.5 Å². The van der Waals surface area contributed by atoms with Crippen LogP contribution in [0.3, 0.4) is 0 Å². The summed E-state index contributed by atoms with van der Waals surface area (Å²) in [6.07, 6.45) is 0. The zero-order valence-corrected chi connectivity index (χ0v) is 12.0. The number of benzene rings is 2. The Balaban J connectivity index is 2.19. The number of carbonyl (C=O) groups is 2. The van der Waals surface area contributed by atoms with Gasteiger partial charge in [0.05, 0.1) is 5.56 Å². The van der Waals surface area contributed by atoms with Crippen LogP contribution in [0.15, 0.2) is 48.5 Å². The van der Waals surface area contributed by atoms with E-state index >= 15 is 0 Å². The summed E-state index contributed by atoms with van der Waals surface area (Å²) in [6, 6.07) is 13.3. The molecule has 0 saturated heterocycles. The third-order valence-corrected chi connectivity index (χ3v) is 3.06. The summed E-state index contributed by atoms with van der Waals surface area (Å²) in [7, 11) is 0. The van der Waals surface area contributed by atoms with Crippen molar-refractivity contribution in [2.24, 2.45) is 5.73 Å². The molecule has 19 heavy (non-hydrogen) atoms. The third-order valence-electron chi connectivity index (χ3n) is 2.39. The molecule has 0 aromatic heterocycles. The lowest BCUT2D eigenvalue weighted by atomic mass is 10.2. The molecule has 0 saturated carbocycles. The first-order chi connectivity index (χ1) is 9.06. The standard InChI is InChI=1S/C14H10INO3/c15-11-5-1-4-10(7-11)14(18)19-12-6-2-3-9(8-12)13(16)17/h1-8H,(H2,16,17). The quantitative estimate of drug-likeness (QED) is 0.515. The van der Waals surface area contributed by atoms with Crippen molar-refractivity contribution in [3.8, 4) is 5.75 Å². The number of hydrogen-bond donors (Lipinski definition) is 1. The van der Waals surface area contributed by atoms with Crippen LogP contribution in [0.4, 0.5) is 0 Å². The number of esters is 1. The first kappa shape index (κ1) is 13.5. The number of ether oxygens (including phenoxy) is 1. The Morgan fingerprint density at radius 1 is 1.00 bits per heavy atom. The van der Waals surface area contributed by atoms with Gasteiger partial charge in [0.15, 0.2) is 0 Å². The van der Waals surface area contributed by atoms with Crippen molar-refractivity contribution in [3.63, 3.8) is 0 Å². The van der Waals surface area contributed by atoms with Gasteiger partial charge in [0.1, 0.15) is 5.75 Å². The van der Waals surface area contributed by atoms with Crippen LogP contribution >= 0.6 is 22.6 Å². The number of rotatable bonds is 3. The molecule has 0 aliphatic rings. The summed E-state index contributed by atoms with van der Waals surface area (Å²) in [4.78, 5) is 22.9. The van der Waals surface area contributed by atoms with Crippen LogP contribution in [-0.4, -0.2) is 11.9 Å². The lowest BCUT2D eigenvalue weighted by molar-refractivity contribution is 0.0733. The molecule has 4 nitrogen and oxygen atoms in total. The Morgan fingerprint density at radius 3 is 2.37 bits per heavy atom. The first-order valence-electron chi connectivity index (χ1n) is 5.44. The Morgan fingerprint density at radius 2 is 1.68 bits per heavy atom. The number of carbonyl (C=O) groups excluding carboxylic acids is 2. The fourth-order valence-corrected chi connectivity index (χ4v) is 2.04. The molecule has 0 heterocycles. The van der Waals surface area contributed by atoms with Crippen LogP contribution in [0.5, 0.6) is 5.75 Å². The number of primary amides is 1. The smallest absolute Gasteiger partial charge is 0.343 e. The Bertz CT molecular complexity index is 640. The van der Waals surface area contributed by atoms with Gasteiger partial charge in [-0.2, -0.15) is 0 Å². The summed E-state index contributed by atoms with van der Waals surface area (Å²) >= 11 is 2.11. The number of hydrogen-bond acceptors (Lipinski definition) is 3. The van der Waals surface area contributed by atoms with E-state index in [-0.39, 0.29) is 0 Å². The highest BCUT2D eigenvalue weighted by Crippen LogP contribution is 2.16. The summed E-state index contributed by atoms with van der Waals surface area (Å²) in [5, 5.41) is 0. The molecule has 2 rings (SSSR count). The molecule has 0 aliphatic heterocycles. The summed E-state index contributed by atoms with van der Waals surface area (Å²) in [5.41, 5.74) is 5.92. The normalized spacial score (nSPS) is 9.95. The van der Waals surface area contributed by atoms with Gasteiger partial charge in [-0.1, -0.05) is 12.1 Å². The molecule has 96 valence electrons. The average molecular weight is 367 g/mol. The predicted octanol–water partition coefficient (Wildman–Crippen LogP) is 2.61. The third kappa shape index (κ3) is 3.54. The van der Waals surface area contributed by atoms with E-state index in [2.05, 4.69) is 22.6 Å². The molecular formula is C14H10INO3. The maximum absolute atomic E-state index is 11.9. The Labute approximate surface area is 123 Å². The predicted molar refractivity (Wildman–Crippen MR) is 79.1 cm³/mol. The molecular weight excluding hydrogens is 357 g/mol. The van der Waals surface area contributed by atoms with E-state index < -0.39 is 11.9 Å². The van der Waals surface area contributed by atoms with Gasteiger partial charge in [0, 0.05) is 9.13 Å². The highest BCUT2D eigenvalue weighted by atomic mass is 127. The maximum Gasteiger partial charge on any atom is 0.343 e. The largest absolute Gasteiger partial charge is 0.423 e. The molecule has 0 spiro atoms. The van der Waals surface area contributed by atoms with Crippen molar-refractivity contribution in [1.82, 2.24) is 0 Å². The highest BCUT2D eigenvalue weighted by Gasteiger charge is 2.10. The zero-order valence-electron chi connectivity index (χ0n) is 9.80. The van der Waals surface area contributed by atoms with E-state index in [0.29, 0.717) is 16.9 Å². The monoisotopic (exact) mass is 367 g/mol. The topological polar surface area (TPSA) is 69.4 Å². The summed E-state index contributed by atoms with van der Waals surface area (Å²) in [5.74, 6) is -0.743. The lowest BCUT2D eigenvalue weighted by Crippen LogP contribution is -2.12. The molecule has 2 aromatic carbocycles. The van der Waals surface area contributed by atoms with Crippen molar-refractivity contribution < 1.29 is 14.3 Å². The van der Waals surface area contributed by atoms with Gasteiger partial charge in [-0.15, -0.1) is 0 Å². The van der Waals surface area contributed by atoms with E-state index in [9.17, 15) is 9.59 Å². The van der Waals surface area contributed by atoms with Crippen LogP contribution in [0.2, 0.25) is 0 Å². The van der Waals surface area contributed by atoms with E-state index in [4.69, 9.17) is 10.5 Å². The molecule has 5 heteroatoms. The van der Waals surface area contributed by atoms with E-state index in [1.165, 1.54) is 6.07 Å². The van der Waals surface area contributed by atoms with Crippen LogP contribution in [0.1, 0.15) is 20.7 Å². The molecule has 0 aliphatic carbocycles. The Kier molecular flexibility index (Phi) is 4.16. The van der Waals surface area contributed by atoms with Crippen molar-refractivity contribution in [2.45, 2.75) is 0 Å². The SMILES string of the molecule is NC(=O)c1cccc(OC(=O)c2cccc(I)c2)c1. The first-order valence-corrected chi connectivity index (χ1v) is 6.52. The fourth-order valence-electron chi connectivity index (χ4n) is 1.49. The molecule has 0 radical (unpaired) electrons. The molecule has 0 atom stereocenters. The Hall–Kier alpha value is -1.89. The molecule has 0 bridgehead atoms. The van der Waals surface area contributed by atoms with Gasteiger partial charge in [0.25, 0.3) is 0 Å². The van der Waals surface area contributed by atoms with Gasteiger partial charge in [0.2, 0.25) is 5.91 Å². The van der Waals surface area contributed by atoms with Gasteiger partial charge in [-0.05, 0) is 59.0 Å². The van der Waals surface area contributed by atoms with Gasteiger partial charge in [-0.3, -0.25) is 4.79 Å². The van der Waals surface area contributed by atoms with Gasteiger partial charge in [-0.25, -0.2) is 4.79 Å². The zero-order chi connectivity index (χ0) is 13.8. The second-order valence-corrected chi connectivity index (χ2v) is 5.04. The van der Waals surface area contributed by atoms with E-state index in [1.54, 1.807) is 36.4 Å². The highest BCUT2D eigenvalue weighted by molar-refractivity contribution is 14.1. The molecule has 1 amide bonds. The minimum atomic E-state index is -0.563. The van der Waals surface area contributed by atoms with E-state index in [0.717, 1.165) is 3.57 Å². The molecule has 2 aromatic rings. The molecule has 0 fully saturated rings. The van der Waals surface area contributed by atoms with E-state index in [1.807, 2.05) is 6.07 Å². The molecule has 0 unspecified atom stereocenters. The van der Waals surface area contributed by atoms with Crippen LogP contribution in [-0.2, 0) is 0 Å². The number of halogens is 1. The number of nitrogens with two attached hydrogens (primary N) is 1. The summed E-state index contributed by atoms with van der Waals surface area (Å²) in [6.45, 7) is 0. The van der Waals surface area contributed by atoms with Crippen molar-refractivity contribution in [1.29, 1.82) is 0 Å². The molecule has 2 N–H and O–H groups in total. The average Bonchev–Trinajstić information content (AvgIpc) is 2.39. The van der Waals surface area contributed by atoms with Crippen molar-refractivity contribution in [2.75, 3.05) is 0 Å². The minimum Gasteiger partial charge on any atom is -0.423 e. The van der Waals surface area contributed by atoms with Crippen LogP contribution in [0.25, 0.3) is 0 Å². The van der Waals surface area contributed by atoms with Crippen molar-refractivity contribution in [3.05, 3.63) is 63.2 Å². The van der Waals surface area contributed by atoms with Crippen LogP contribution in [0, 0.1) is 3.57 Å². The van der Waals surface area contributed by atoms with Gasteiger partial charge >= 0.3 is 5.97 Å². The minimum absolute atomic E-state index is 0.292. The second-order valence-electron chi connectivity index (χ2n) is 3.79. The van der Waals surface area contributed by atoms with Crippen molar-refractivity contribution >= 4 is 34.5 Å². The summed E-state index contributed by atoms with van der Waals surface area (Å²) < 4.78 is 6.14. The number of amides is 1.